The Hall–Kier alpha value is -3.16. The molecule has 0 radical (unpaired) electrons. The molecule has 2 aliphatic heterocycles. The first-order valence-electron chi connectivity index (χ1n) is 12.6. The fourth-order valence-electron chi connectivity index (χ4n) is 4.94. The summed E-state index contributed by atoms with van der Waals surface area (Å²) >= 11 is 0. The van der Waals surface area contributed by atoms with Crippen LogP contribution in [-0.2, 0) is 4.74 Å². The van der Waals surface area contributed by atoms with Crippen molar-refractivity contribution in [2.24, 2.45) is 0 Å². The van der Waals surface area contributed by atoms with Gasteiger partial charge in [0.2, 0.25) is 5.76 Å². The molecule has 5 rings (SSSR count). The number of carbonyl (C=O) groups excluding carboxylic acids is 1. The van der Waals surface area contributed by atoms with Gasteiger partial charge in [-0.15, -0.1) is 0 Å². The molecule has 3 aromatic rings. The molecule has 1 saturated heterocycles. The number of rotatable bonds is 9. The smallest absolute Gasteiger partial charge is 0.290 e. The Bertz CT molecular complexity index is 1250. The van der Waals surface area contributed by atoms with Gasteiger partial charge in [-0.3, -0.25) is 14.5 Å². The Morgan fingerprint density at radius 2 is 1.83 bits per heavy atom. The number of para-hydroxylation sites is 1. The second-order valence-corrected chi connectivity index (χ2v) is 9.15. The summed E-state index contributed by atoms with van der Waals surface area (Å²) in [6, 6.07) is 14.4. The van der Waals surface area contributed by atoms with Crippen molar-refractivity contribution in [1.29, 1.82) is 0 Å². The summed E-state index contributed by atoms with van der Waals surface area (Å²) in [6.07, 6.45) is 2.82. The monoisotopic (exact) mass is 476 g/mol. The topological polar surface area (TPSA) is 72.2 Å². The molecule has 7 heteroatoms. The predicted octanol–water partition coefficient (Wildman–Crippen LogP) is 4.24. The summed E-state index contributed by atoms with van der Waals surface area (Å²) in [5.41, 5.74) is 1.58. The van der Waals surface area contributed by atoms with E-state index >= 15 is 0 Å². The molecule has 184 valence electrons. The molecular formula is C28H32N2O5. The third kappa shape index (κ3) is 4.83. The van der Waals surface area contributed by atoms with Crippen molar-refractivity contribution in [3.63, 3.8) is 0 Å². The predicted molar refractivity (Wildman–Crippen MR) is 134 cm³/mol. The van der Waals surface area contributed by atoms with Gasteiger partial charge in [0.25, 0.3) is 5.91 Å². The number of ether oxygens (including phenoxy) is 2. The minimum absolute atomic E-state index is 0.145. The van der Waals surface area contributed by atoms with Crippen LogP contribution in [0.15, 0.2) is 57.7 Å². The van der Waals surface area contributed by atoms with E-state index in [2.05, 4.69) is 11.8 Å². The number of carbonyl (C=O) groups is 1. The fourth-order valence-corrected chi connectivity index (χ4v) is 4.94. The maximum absolute atomic E-state index is 13.6. The van der Waals surface area contributed by atoms with Crippen molar-refractivity contribution >= 4 is 16.9 Å². The van der Waals surface area contributed by atoms with Crippen molar-refractivity contribution in [3.8, 4) is 5.75 Å². The second-order valence-electron chi connectivity index (χ2n) is 9.15. The van der Waals surface area contributed by atoms with Gasteiger partial charge in [-0.1, -0.05) is 37.6 Å². The largest absolute Gasteiger partial charge is 0.494 e. The molecule has 0 spiro atoms. The highest BCUT2D eigenvalue weighted by Gasteiger charge is 2.42. The third-order valence-electron chi connectivity index (χ3n) is 6.79. The lowest BCUT2D eigenvalue weighted by molar-refractivity contribution is 0.0353. The van der Waals surface area contributed by atoms with Gasteiger partial charge in [0.1, 0.15) is 11.3 Å². The molecule has 0 unspecified atom stereocenters. The molecule has 2 aromatic carbocycles. The molecule has 0 saturated carbocycles. The highest BCUT2D eigenvalue weighted by molar-refractivity contribution is 5.99. The number of hydrogen-bond acceptors (Lipinski definition) is 6. The van der Waals surface area contributed by atoms with E-state index in [1.807, 2.05) is 36.4 Å². The number of fused-ring (bicyclic) bond motifs is 2. The van der Waals surface area contributed by atoms with Crippen LogP contribution in [0.5, 0.6) is 5.75 Å². The van der Waals surface area contributed by atoms with Gasteiger partial charge in [-0.05, 0) is 42.7 Å². The van der Waals surface area contributed by atoms with E-state index in [-0.39, 0.29) is 17.1 Å². The Morgan fingerprint density at radius 1 is 1.00 bits per heavy atom. The lowest BCUT2D eigenvalue weighted by Gasteiger charge is -2.29. The molecule has 1 atom stereocenters. The van der Waals surface area contributed by atoms with E-state index in [4.69, 9.17) is 13.9 Å². The fraction of sp³-hybridized carbons (Fsp3) is 0.429. The maximum Gasteiger partial charge on any atom is 0.290 e. The van der Waals surface area contributed by atoms with E-state index in [1.165, 1.54) is 0 Å². The van der Waals surface area contributed by atoms with Crippen LogP contribution in [0.4, 0.5) is 0 Å². The van der Waals surface area contributed by atoms with Gasteiger partial charge in [0, 0.05) is 26.2 Å². The summed E-state index contributed by atoms with van der Waals surface area (Å²) in [4.78, 5) is 31.3. The van der Waals surface area contributed by atoms with Gasteiger partial charge in [0.15, 0.2) is 5.43 Å². The van der Waals surface area contributed by atoms with Gasteiger partial charge in [0.05, 0.1) is 36.8 Å². The van der Waals surface area contributed by atoms with Crippen LogP contribution in [0.25, 0.3) is 11.0 Å². The molecule has 35 heavy (non-hydrogen) atoms. The van der Waals surface area contributed by atoms with Gasteiger partial charge >= 0.3 is 0 Å². The lowest BCUT2D eigenvalue weighted by Crippen LogP contribution is -2.38. The summed E-state index contributed by atoms with van der Waals surface area (Å²) < 4.78 is 17.4. The van der Waals surface area contributed by atoms with E-state index in [1.54, 1.807) is 17.0 Å². The van der Waals surface area contributed by atoms with E-state index in [0.29, 0.717) is 29.7 Å². The first-order valence-corrected chi connectivity index (χ1v) is 12.6. The number of morpholine rings is 1. The molecule has 1 fully saturated rings. The number of hydrogen-bond donors (Lipinski definition) is 0. The number of amides is 1. The van der Waals surface area contributed by atoms with E-state index in [0.717, 1.165) is 63.4 Å². The molecule has 1 aromatic heterocycles. The highest BCUT2D eigenvalue weighted by Crippen LogP contribution is 2.39. The normalized spacial score (nSPS) is 18.3. The van der Waals surface area contributed by atoms with Crippen molar-refractivity contribution in [1.82, 2.24) is 9.80 Å². The number of benzene rings is 2. The van der Waals surface area contributed by atoms with Crippen LogP contribution < -0.4 is 10.2 Å². The molecule has 2 aliphatic rings. The molecule has 7 nitrogen and oxygen atoms in total. The molecule has 0 aliphatic carbocycles. The third-order valence-corrected chi connectivity index (χ3v) is 6.79. The van der Waals surface area contributed by atoms with Crippen LogP contribution in [0.2, 0.25) is 0 Å². The first-order chi connectivity index (χ1) is 17.2. The zero-order valence-corrected chi connectivity index (χ0v) is 20.2. The average Bonchev–Trinajstić information content (AvgIpc) is 3.17. The summed E-state index contributed by atoms with van der Waals surface area (Å²) in [6.45, 7) is 7.45. The summed E-state index contributed by atoms with van der Waals surface area (Å²) in [7, 11) is 0. The summed E-state index contributed by atoms with van der Waals surface area (Å²) in [5, 5.41) is 0.495. The minimum Gasteiger partial charge on any atom is -0.494 e. The Morgan fingerprint density at radius 3 is 2.66 bits per heavy atom. The first kappa shape index (κ1) is 23.6. The van der Waals surface area contributed by atoms with Gasteiger partial charge in [-0.2, -0.15) is 0 Å². The number of nitrogens with zero attached hydrogens (tertiary/aromatic N) is 2. The molecule has 0 bridgehead atoms. The Kier molecular flexibility index (Phi) is 7.16. The van der Waals surface area contributed by atoms with Crippen LogP contribution in [0, 0.1) is 0 Å². The van der Waals surface area contributed by atoms with Gasteiger partial charge < -0.3 is 18.8 Å². The average molecular weight is 477 g/mol. The van der Waals surface area contributed by atoms with Crippen LogP contribution in [0.1, 0.15) is 53.9 Å². The zero-order valence-electron chi connectivity index (χ0n) is 20.2. The molecule has 0 N–H and O–H groups in total. The SMILES string of the molecule is CCCCOc1cccc([C@H]2c3c(oc4ccccc4c3=O)C(=O)N2CCCN2CCOCC2)c1. The quantitative estimate of drug-likeness (QED) is 0.430. The highest BCUT2D eigenvalue weighted by atomic mass is 16.5. The second kappa shape index (κ2) is 10.6. The molecule has 3 heterocycles. The zero-order chi connectivity index (χ0) is 24.2. The van der Waals surface area contributed by atoms with Crippen molar-refractivity contribution in [2.45, 2.75) is 32.2 Å². The summed E-state index contributed by atoms with van der Waals surface area (Å²) in [5.74, 6) is 0.671. The van der Waals surface area contributed by atoms with Crippen LogP contribution >= 0.6 is 0 Å². The van der Waals surface area contributed by atoms with Gasteiger partial charge in [-0.25, -0.2) is 0 Å². The number of unbranched alkanes of at least 4 members (excludes halogenated alkanes) is 1. The van der Waals surface area contributed by atoms with E-state index < -0.39 is 6.04 Å². The minimum atomic E-state index is -0.502. The van der Waals surface area contributed by atoms with E-state index in [9.17, 15) is 9.59 Å². The van der Waals surface area contributed by atoms with Crippen molar-refractivity contribution < 1.29 is 18.7 Å². The van der Waals surface area contributed by atoms with Crippen LogP contribution in [0.3, 0.4) is 0 Å². The Labute approximate surface area is 205 Å². The Balaban J connectivity index is 1.49. The van der Waals surface area contributed by atoms with Crippen molar-refractivity contribution in [3.05, 3.63) is 75.6 Å². The van der Waals surface area contributed by atoms with Crippen molar-refractivity contribution in [2.75, 3.05) is 46.0 Å². The van der Waals surface area contributed by atoms with Crippen LogP contribution in [-0.4, -0.2) is 61.7 Å². The molecule has 1 amide bonds. The standard InChI is InChI=1S/C28H32N2O5/c1-2-3-16-34-21-9-6-8-20(19-21)25-24-26(31)22-10-4-5-11-23(22)35-27(24)28(32)30(25)13-7-12-29-14-17-33-18-15-29/h4-6,8-11,19,25H,2-3,7,12-18H2,1H3/t25-/m0/s1. The lowest BCUT2D eigenvalue weighted by atomic mass is 9.98. The molecular weight excluding hydrogens is 444 g/mol. The maximum atomic E-state index is 13.6.